The Labute approximate surface area is 101 Å². The summed E-state index contributed by atoms with van der Waals surface area (Å²) in [4.78, 5) is 4.50. The highest BCUT2D eigenvalue weighted by molar-refractivity contribution is 5.78. The van der Waals surface area contributed by atoms with Crippen LogP contribution in [-0.2, 0) is 6.54 Å². The monoisotopic (exact) mass is 230 g/mol. The molecule has 0 aliphatic carbocycles. The molecule has 1 aromatic carbocycles. The molecule has 0 aliphatic rings. The van der Waals surface area contributed by atoms with Crippen LogP contribution in [0.2, 0.25) is 0 Å². The van der Waals surface area contributed by atoms with Crippen LogP contribution >= 0.6 is 0 Å². The number of aromatic nitrogens is 2. The molecule has 0 bridgehead atoms. The maximum absolute atomic E-state index is 9.75. The average molecular weight is 230 g/mol. The van der Waals surface area contributed by atoms with E-state index in [4.69, 9.17) is 0 Å². The first-order chi connectivity index (χ1) is 8.04. The quantitative estimate of drug-likeness (QED) is 0.823. The molecule has 3 nitrogen and oxygen atoms in total. The van der Waals surface area contributed by atoms with E-state index in [1.54, 1.807) is 6.92 Å². The second kappa shape index (κ2) is 4.34. The van der Waals surface area contributed by atoms with E-state index in [1.165, 1.54) is 11.1 Å². The summed E-state index contributed by atoms with van der Waals surface area (Å²) >= 11 is 0. The molecule has 0 spiro atoms. The molecule has 0 radical (unpaired) electrons. The van der Waals surface area contributed by atoms with E-state index >= 15 is 0 Å². The number of aliphatic hydroxyl groups excluding tert-OH is 1. The van der Waals surface area contributed by atoms with Gasteiger partial charge < -0.3 is 9.67 Å². The Hall–Kier alpha value is -1.61. The molecule has 0 saturated heterocycles. The Morgan fingerprint density at radius 2 is 2.06 bits per heavy atom. The molecule has 1 N–H and O–H groups in total. The smallest absolute Gasteiger partial charge is 0.138 e. The number of hydrogen-bond donors (Lipinski definition) is 1. The van der Waals surface area contributed by atoms with E-state index in [0.29, 0.717) is 12.4 Å². The maximum atomic E-state index is 9.75. The number of aryl methyl sites for hydroxylation is 2. The normalized spacial score (nSPS) is 12.9. The topological polar surface area (TPSA) is 38.0 Å². The first-order valence-corrected chi connectivity index (χ1v) is 5.81. The molecule has 0 amide bonds. The van der Waals surface area contributed by atoms with Crippen LogP contribution in [-0.4, -0.2) is 14.7 Å². The number of nitrogens with zero attached hydrogens (tertiary/aromatic N) is 2. The van der Waals surface area contributed by atoms with Gasteiger partial charge in [0.2, 0.25) is 0 Å². The van der Waals surface area contributed by atoms with Crippen LogP contribution in [0.3, 0.4) is 0 Å². The van der Waals surface area contributed by atoms with Crippen molar-refractivity contribution in [1.82, 2.24) is 9.55 Å². The highest BCUT2D eigenvalue weighted by atomic mass is 16.3. The van der Waals surface area contributed by atoms with Crippen LogP contribution in [0.5, 0.6) is 0 Å². The lowest BCUT2D eigenvalue weighted by Crippen LogP contribution is -2.05. The number of benzene rings is 1. The van der Waals surface area contributed by atoms with Gasteiger partial charge >= 0.3 is 0 Å². The van der Waals surface area contributed by atoms with Crippen LogP contribution < -0.4 is 0 Å². The van der Waals surface area contributed by atoms with Crippen molar-refractivity contribution in [3.63, 3.8) is 0 Å². The third-order valence-electron chi connectivity index (χ3n) is 3.08. The molecule has 17 heavy (non-hydrogen) atoms. The molecule has 2 rings (SSSR count). The van der Waals surface area contributed by atoms with Gasteiger partial charge in [0.05, 0.1) is 11.0 Å². The SMILES string of the molecule is C=CCn1c(C(C)O)nc2cc(C)c(C)cc21. The molecular weight excluding hydrogens is 212 g/mol. The summed E-state index contributed by atoms with van der Waals surface area (Å²) in [6.07, 6.45) is 1.25. The molecule has 0 aliphatic heterocycles. The Balaban J connectivity index is 2.75. The Bertz CT molecular complexity index is 567. The second-order valence-electron chi connectivity index (χ2n) is 4.47. The predicted molar refractivity (Wildman–Crippen MR) is 70.0 cm³/mol. The van der Waals surface area contributed by atoms with Crippen molar-refractivity contribution in [3.05, 3.63) is 41.7 Å². The fourth-order valence-corrected chi connectivity index (χ4v) is 2.04. The standard InChI is InChI=1S/C14H18N2O/c1-5-6-16-13-8-10(3)9(2)7-12(13)15-14(16)11(4)17/h5,7-8,11,17H,1,6H2,2-4H3. The van der Waals surface area contributed by atoms with E-state index in [2.05, 4.69) is 37.5 Å². The zero-order chi connectivity index (χ0) is 12.6. The zero-order valence-electron chi connectivity index (χ0n) is 10.6. The van der Waals surface area contributed by atoms with Gasteiger partial charge in [0.1, 0.15) is 11.9 Å². The summed E-state index contributed by atoms with van der Waals surface area (Å²) in [6.45, 7) is 10.3. The van der Waals surface area contributed by atoms with Crippen LogP contribution in [0.25, 0.3) is 11.0 Å². The van der Waals surface area contributed by atoms with Crippen molar-refractivity contribution >= 4 is 11.0 Å². The maximum Gasteiger partial charge on any atom is 0.138 e. The van der Waals surface area contributed by atoms with Gasteiger partial charge in [-0.25, -0.2) is 4.98 Å². The molecule has 1 atom stereocenters. The van der Waals surface area contributed by atoms with Crippen molar-refractivity contribution in [2.75, 3.05) is 0 Å². The summed E-state index contributed by atoms with van der Waals surface area (Å²) in [5.41, 5.74) is 4.45. The van der Waals surface area contributed by atoms with Crippen LogP contribution in [0.1, 0.15) is 30.0 Å². The minimum absolute atomic E-state index is 0.567. The summed E-state index contributed by atoms with van der Waals surface area (Å²) in [6, 6.07) is 4.18. The minimum Gasteiger partial charge on any atom is -0.385 e. The van der Waals surface area contributed by atoms with Crippen LogP contribution in [0.15, 0.2) is 24.8 Å². The van der Waals surface area contributed by atoms with Gasteiger partial charge in [-0.3, -0.25) is 0 Å². The molecule has 0 fully saturated rings. The number of aliphatic hydroxyl groups is 1. The summed E-state index contributed by atoms with van der Waals surface area (Å²) in [5.74, 6) is 0.699. The van der Waals surface area contributed by atoms with E-state index in [1.807, 2.05) is 10.6 Å². The Kier molecular flexibility index (Phi) is 3.03. The summed E-state index contributed by atoms with van der Waals surface area (Å²) < 4.78 is 2.01. The van der Waals surface area contributed by atoms with Crippen molar-refractivity contribution < 1.29 is 5.11 Å². The number of hydrogen-bond acceptors (Lipinski definition) is 2. The van der Waals surface area contributed by atoms with Gasteiger partial charge in [0, 0.05) is 6.54 Å². The van der Waals surface area contributed by atoms with Gasteiger partial charge in [-0.15, -0.1) is 6.58 Å². The molecule has 1 unspecified atom stereocenters. The van der Waals surface area contributed by atoms with Crippen LogP contribution in [0.4, 0.5) is 0 Å². The lowest BCUT2D eigenvalue weighted by molar-refractivity contribution is 0.185. The third-order valence-corrected chi connectivity index (χ3v) is 3.08. The number of imidazole rings is 1. The molecule has 1 aromatic heterocycles. The van der Waals surface area contributed by atoms with Gasteiger partial charge in [-0.1, -0.05) is 6.08 Å². The van der Waals surface area contributed by atoms with Crippen molar-refractivity contribution in [2.24, 2.45) is 0 Å². The van der Waals surface area contributed by atoms with Crippen molar-refractivity contribution in [2.45, 2.75) is 33.4 Å². The highest BCUT2D eigenvalue weighted by Gasteiger charge is 2.14. The molecule has 0 saturated carbocycles. The van der Waals surface area contributed by atoms with Gasteiger partial charge in [0.25, 0.3) is 0 Å². The first-order valence-electron chi connectivity index (χ1n) is 5.81. The second-order valence-corrected chi connectivity index (χ2v) is 4.47. The molecule has 90 valence electrons. The molecule has 3 heteroatoms. The van der Waals surface area contributed by atoms with Crippen molar-refractivity contribution in [3.8, 4) is 0 Å². The summed E-state index contributed by atoms with van der Waals surface area (Å²) in [5, 5.41) is 9.75. The Morgan fingerprint density at radius 3 is 2.65 bits per heavy atom. The lowest BCUT2D eigenvalue weighted by atomic mass is 10.1. The minimum atomic E-state index is -0.567. The van der Waals surface area contributed by atoms with Crippen molar-refractivity contribution in [1.29, 1.82) is 0 Å². The summed E-state index contributed by atoms with van der Waals surface area (Å²) in [7, 11) is 0. The van der Waals surface area contributed by atoms with Gasteiger partial charge in [0.15, 0.2) is 0 Å². The first kappa shape index (κ1) is 11.9. The highest BCUT2D eigenvalue weighted by Crippen LogP contribution is 2.23. The molecule has 2 aromatic rings. The zero-order valence-corrected chi connectivity index (χ0v) is 10.6. The van der Waals surface area contributed by atoms with E-state index in [9.17, 15) is 5.11 Å². The third kappa shape index (κ3) is 1.98. The number of rotatable bonds is 3. The lowest BCUT2D eigenvalue weighted by Gasteiger charge is -2.08. The fraction of sp³-hybridized carbons (Fsp3) is 0.357. The van der Waals surface area contributed by atoms with E-state index in [-0.39, 0.29) is 0 Å². The fourth-order valence-electron chi connectivity index (χ4n) is 2.04. The Morgan fingerprint density at radius 1 is 1.41 bits per heavy atom. The molecule has 1 heterocycles. The molecular formula is C14H18N2O. The largest absolute Gasteiger partial charge is 0.385 e. The van der Waals surface area contributed by atoms with Gasteiger partial charge in [-0.05, 0) is 44.0 Å². The van der Waals surface area contributed by atoms with Gasteiger partial charge in [-0.2, -0.15) is 0 Å². The van der Waals surface area contributed by atoms with E-state index in [0.717, 1.165) is 11.0 Å². The van der Waals surface area contributed by atoms with E-state index < -0.39 is 6.10 Å². The average Bonchev–Trinajstić information content (AvgIpc) is 2.59. The van der Waals surface area contributed by atoms with Crippen LogP contribution in [0, 0.1) is 13.8 Å². The number of allylic oxidation sites excluding steroid dienone is 1. The number of fused-ring (bicyclic) bond motifs is 1. The predicted octanol–water partition coefficient (Wildman–Crippen LogP) is 2.89.